The summed E-state index contributed by atoms with van der Waals surface area (Å²) in [4.78, 5) is 4.07. The van der Waals surface area contributed by atoms with E-state index in [1.54, 1.807) is 11.5 Å². The maximum atomic E-state index is 13.0. The highest BCUT2D eigenvalue weighted by Crippen LogP contribution is 2.25. The van der Waals surface area contributed by atoms with Crippen LogP contribution >= 0.6 is 15.9 Å². The molecule has 0 aliphatic carbocycles. The van der Waals surface area contributed by atoms with Crippen LogP contribution in [0.2, 0.25) is 0 Å². The number of rotatable bonds is 5. The van der Waals surface area contributed by atoms with Crippen LogP contribution in [0.5, 0.6) is 0 Å². The fourth-order valence-electron chi connectivity index (χ4n) is 1.85. The van der Waals surface area contributed by atoms with Crippen LogP contribution in [0.1, 0.15) is 19.2 Å². The molecule has 1 heterocycles. The molecule has 1 N–H and O–H groups in total. The van der Waals surface area contributed by atoms with Crippen molar-refractivity contribution in [3.8, 4) is 0 Å². The van der Waals surface area contributed by atoms with Crippen molar-refractivity contribution in [1.82, 2.24) is 9.55 Å². The molecule has 0 radical (unpaired) electrons. The molecule has 5 nitrogen and oxygen atoms in total. The molecule has 0 aliphatic rings. The molecule has 2 rings (SSSR count). The highest BCUT2D eigenvalue weighted by molar-refractivity contribution is 9.10. The lowest BCUT2D eigenvalue weighted by Crippen LogP contribution is -2.14. The molecule has 0 fully saturated rings. The molecule has 0 atom stereocenters. The number of hydrogen-bond donors (Lipinski definition) is 1. The Morgan fingerprint density at radius 2 is 2.14 bits per heavy atom. The predicted molar refractivity (Wildman–Crippen MR) is 82.2 cm³/mol. The van der Waals surface area contributed by atoms with Crippen molar-refractivity contribution in [2.24, 2.45) is 0 Å². The molecule has 2 aromatic rings. The van der Waals surface area contributed by atoms with E-state index in [0.29, 0.717) is 16.8 Å². The molecule has 8 heteroatoms. The van der Waals surface area contributed by atoms with Gasteiger partial charge in [-0.1, -0.05) is 6.92 Å². The lowest BCUT2D eigenvalue weighted by molar-refractivity contribution is 0.597. The van der Waals surface area contributed by atoms with E-state index in [2.05, 4.69) is 25.6 Å². The first-order chi connectivity index (χ1) is 9.83. The van der Waals surface area contributed by atoms with Crippen molar-refractivity contribution in [1.29, 1.82) is 0 Å². The van der Waals surface area contributed by atoms with Gasteiger partial charge in [0.25, 0.3) is 10.0 Å². The summed E-state index contributed by atoms with van der Waals surface area (Å²) in [6.45, 7) is 4.46. The third-order valence-corrected chi connectivity index (χ3v) is 4.76. The van der Waals surface area contributed by atoms with Gasteiger partial charge in [-0.3, -0.25) is 4.72 Å². The second-order valence-corrected chi connectivity index (χ2v) is 7.03. The lowest BCUT2D eigenvalue weighted by atomic mass is 10.3. The molecule has 0 bridgehead atoms. The van der Waals surface area contributed by atoms with Crippen LogP contribution in [0.3, 0.4) is 0 Å². The molecule has 0 aliphatic heterocycles. The Hall–Kier alpha value is -1.41. The summed E-state index contributed by atoms with van der Waals surface area (Å²) in [5.74, 6) is 0.184. The lowest BCUT2D eigenvalue weighted by Gasteiger charge is -2.07. The summed E-state index contributed by atoms with van der Waals surface area (Å²) in [6.07, 6.45) is 2.38. The molecule has 0 unspecified atom stereocenters. The van der Waals surface area contributed by atoms with Gasteiger partial charge in [-0.2, -0.15) is 8.42 Å². The normalized spacial score (nSPS) is 11.6. The number of sulfonamides is 1. The molecular formula is C13H15BrFN3O2S. The van der Waals surface area contributed by atoms with Crippen LogP contribution in [0.25, 0.3) is 0 Å². The van der Waals surface area contributed by atoms with Crippen molar-refractivity contribution in [3.05, 3.63) is 40.5 Å². The SMILES string of the molecule is CCCn1cc(S(=O)(=O)Nc2ccc(F)cc2Br)nc1C. The maximum absolute atomic E-state index is 13.0. The van der Waals surface area contributed by atoms with Crippen molar-refractivity contribution in [2.45, 2.75) is 31.8 Å². The first-order valence-corrected chi connectivity index (χ1v) is 8.62. The molecule has 0 spiro atoms. The van der Waals surface area contributed by atoms with Crippen LogP contribution in [0, 0.1) is 12.7 Å². The summed E-state index contributed by atoms with van der Waals surface area (Å²) >= 11 is 3.12. The molecule has 0 saturated carbocycles. The number of aromatic nitrogens is 2. The Morgan fingerprint density at radius 1 is 1.43 bits per heavy atom. The van der Waals surface area contributed by atoms with Crippen molar-refractivity contribution < 1.29 is 12.8 Å². The van der Waals surface area contributed by atoms with Gasteiger partial charge in [0.2, 0.25) is 0 Å². The number of benzene rings is 1. The first kappa shape index (κ1) is 16.0. The molecule has 114 valence electrons. The zero-order valence-corrected chi connectivity index (χ0v) is 14.0. The van der Waals surface area contributed by atoms with Gasteiger partial charge in [0.05, 0.1) is 5.69 Å². The maximum Gasteiger partial charge on any atom is 0.280 e. The number of nitrogens with one attached hydrogen (secondary N) is 1. The van der Waals surface area contributed by atoms with Crippen molar-refractivity contribution >= 4 is 31.6 Å². The molecule has 0 amide bonds. The fraction of sp³-hybridized carbons (Fsp3) is 0.308. The van der Waals surface area contributed by atoms with E-state index in [1.807, 2.05) is 6.92 Å². The minimum absolute atomic E-state index is 0.0512. The van der Waals surface area contributed by atoms with E-state index in [1.165, 1.54) is 24.4 Å². The number of anilines is 1. The van der Waals surface area contributed by atoms with E-state index in [0.717, 1.165) is 6.42 Å². The highest BCUT2D eigenvalue weighted by atomic mass is 79.9. The van der Waals surface area contributed by atoms with Gasteiger partial charge in [0.15, 0.2) is 5.03 Å². The smallest absolute Gasteiger partial charge is 0.280 e. The average Bonchev–Trinajstić information content (AvgIpc) is 2.76. The Bertz CT molecular complexity index is 759. The minimum atomic E-state index is -3.80. The molecule has 21 heavy (non-hydrogen) atoms. The largest absolute Gasteiger partial charge is 0.334 e. The topological polar surface area (TPSA) is 64.0 Å². The predicted octanol–water partition coefficient (Wildman–Crippen LogP) is 3.30. The average molecular weight is 376 g/mol. The number of halogens is 2. The quantitative estimate of drug-likeness (QED) is 0.871. The van der Waals surface area contributed by atoms with Crippen molar-refractivity contribution in [3.63, 3.8) is 0 Å². The third kappa shape index (κ3) is 3.62. The number of nitrogens with zero attached hydrogens (tertiary/aromatic N) is 2. The Kier molecular flexibility index (Phi) is 4.67. The van der Waals surface area contributed by atoms with E-state index in [9.17, 15) is 12.8 Å². The van der Waals surface area contributed by atoms with Crippen molar-refractivity contribution in [2.75, 3.05) is 4.72 Å². The summed E-state index contributed by atoms with van der Waals surface area (Å²) in [6, 6.07) is 3.73. The Labute approximate surface area is 131 Å². The summed E-state index contributed by atoms with van der Waals surface area (Å²) in [5, 5.41) is -0.0512. The number of hydrogen-bond acceptors (Lipinski definition) is 3. The number of aryl methyl sites for hydroxylation is 2. The molecule has 0 saturated heterocycles. The van der Waals surface area contributed by atoms with Crippen LogP contribution in [-0.4, -0.2) is 18.0 Å². The summed E-state index contributed by atoms with van der Waals surface area (Å²) < 4.78 is 42.1. The van der Waals surface area contributed by atoms with Gasteiger partial charge in [-0.15, -0.1) is 0 Å². The van der Waals surface area contributed by atoms with Crippen LogP contribution in [0.4, 0.5) is 10.1 Å². The second kappa shape index (κ2) is 6.15. The van der Waals surface area contributed by atoms with Crippen LogP contribution in [0.15, 0.2) is 33.9 Å². The summed E-state index contributed by atoms with van der Waals surface area (Å²) in [7, 11) is -3.80. The van der Waals surface area contributed by atoms with Gasteiger partial charge in [0, 0.05) is 17.2 Å². The van der Waals surface area contributed by atoms with E-state index >= 15 is 0 Å². The fourth-order valence-corrected chi connectivity index (χ4v) is 3.52. The monoisotopic (exact) mass is 375 g/mol. The molecule has 1 aromatic heterocycles. The van der Waals surface area contributed by atoms with E-state index in [4.69, 9.17) is 0 Å². The zero-order valence-electron chi connectivity index (χ0n) is 11.6. The minimum Gasteiger partial charge on any atom is -0.334 e. The highest BCUT2D eigenvalue weighted by Gasteiger charge is 2.20. The molecular weight excluding hydrogens is 361 g/mol. The van der Waals surface area contributed by atoms with Gasteiger partial charge in [-0.05, 0) is 47.5 Å². The molecule has 1 aromatic carbocycles. The third-order valence-electron chi connectivity index (χ3n) is 2.87. The van der Waals surface area contributed by atoms with Gasteiger partial charge in [0.1, 0.15) is 11.6 Å². The summed E-state index contributed by atoms with van der Waals surface area (Å²) in [5.41, 5.74) is 0.263. The van der Waals surface area contributed by atoms with Gasteiger partial charge >= 0.3 is 0 Å². The number of imidazole rings is 1. The first-order valence-electron chi connectivity index (χ1n) is 6.35. The van der Waals surface area contributed by atoms with Gasteiger partial charge in [-0.25, -0.2) is 9.37 Å². The second-order valence-electron chi connectivity index (χ2n) is 4.55. The van der Waals surface area contributed by atoms with E-state index in [-0.39, 0.29) is 10.7 Å². The van der Waals surface area contributed by atoms with E-state index < -0.39 is 15.8 Å². The Balaban J connectivity index is 2.32. The van der Waals surface area contributed by atoms with Crippen LogP contribution < -0.4 is 4.72 Å². The van der Waals surface area contributed by atoms with Gasteiger partial charge < -0.3 is 4.57 Å². The van der Waals surface area contributed by atoms with Crippen LogP contribution in [-0.2, 0) is 16.6 Å². The standard InChI is InChI=1S/C13H15BrFN3O2S/c1-3-6-18-8-13(16-9(18)2)21(19,20)17-12-5-4-10(15)7-11(12)14/h4-5,7-8,17H,3,6H2,1-2H3. The Morgan fingerprint density at radius 3 is 2.76 bits per heavy atom. The zero-order chi connectivity index (χ0) is 15.6.